The highest BCUT2D eigenvalue weighted by atomic mass is 16.7. The number of nitrogens with zero attached hydrogens (tertiary/aromatic N) is 2. The maximum absolute atomic E-state index is 5.46. The molecule has 132 valence electrons. The first-order chi connectivity index (χ1) is 12.8. The third-order valence-electron chi connectivity index (χ3n) is 3.70. The molecular weight excluding hydrogens is 328 g/mol. The lowest BCUT2D eigenvalue weighted by Gasteiger charge is -2.10. The van der Waals surface area contributed by atoms with Crippen molar-refractivity contribution in [3.05, 3.63) is 72.1 Å². The van der Waals surface area contributed by atoms with Crippen molar-refractivity contribution in [3.8, 4) is 22.9 Å². The van der Waals surface area contributed by atoms with Crippen LogP contribution >= 0.6 is 0 Å². The van der Waals surface area contributed by atoms with Crippen molar-refractivity contribution in [2.45, 2.75) is 0 Å². The third kappa shape index (κ3) is 4.46. The highest BCUT2D eigenvalue weighted by Crippen LogP contribution is 2.28. The van der Waals surface area contributed by atoms with Gasteiger partial charge in [-0.15, -0.1) is 0 Å². The van der Waals surface area contributed by atoms with Crippen molar-refractivity contribution >= 4 is 12.2 Å². The molecule has 0 spiro atoms. The van der Waals surface area contributed by atoms with Gasteiger partial charge in [0.2, 0.25) is 0 Å². The first-order valence-electron chi connectivity index (χ1n) is 8.15. The molecule has 0 atom stereocenters. The number of methoxy groups -OCH3 is 2. The Kier molecular flexibility index (Phi) is 5.96. The number of pyridine rings is 2. The van der Waals surface area contributed by atoms with Gasteiger partial charge < -0.3 is 14.2 Å². The molecule has 0 unspecified atom stereocenters. The van der Waals surface area contributed by atoms with Gasteiger partial charge in [-0.1, -0.05) is 30.4 Å². The van der Waals surface area contributed by atoms with Gasteiger partial charge in [-0.05, 0) is 41.5 Å². The molecule has 3 rings (SSSR count). The summed E-state index contributed by atoms with van der Waals surface area (Å²) in [5.41, 5.74) is 3.72. The van der Waals surface area contributed by atoms with Gasteiger partial charge in [-0.2, -0.15) is 0 Å². The van der Waals surface area contributed by atoms with E-state index >= 15 is 0 Å². The maximum Gasteiger partial charge on any atom is 0.188 e. The Morgan fingerprint density at radius 2 is 1.65 bits per heavy atom. The number of hydrogen-bond donors (Lipinski definition) is 0. The molecule has 3 aromatic rings. The quantitative estimate of drug-likeness (QED) is 0.596. The zero-order valence-corrected chi connectivity index (χ0v) is 14.8. The van der Waals surface area contributed by atoms with Gasteiger partial charge in [-0.3, -0.25) is 9.97 Å². The first kappa shape index (κ1) is 17.6. The minimum Gasteiger partial charge on any atom is -0.493 e. The van der Waals surface area contributed by atoms with E-state index in [0.29, 0.717) is 11.5 Å². The van der Waals surface area contributed by atoms with Crippen LogP contribution in [0.4, 0.5) is 0 Å². The van der Waals surface area contributed by atoms with Crippen molar-refractivity contribution < 1.29 is 14.2 Å². The van der Waals surface area contributed by atoms with E-state index in [0.717, 1.165) is 22.5 Å². The van der Waals surface area contributed by atoms with Crippen LogP contribution in [-0.2, 0) is 4.74 Å². The molecule has 2 heterocycles. The molecule has 0 aliphatic carbocycles. The smallest absolute Gasteiger partial charge is 0.188 e. The van der Waals surface area contributed by atoms with E-state index in [1.807, 2.05) is 66.9 Å². The standard InChI is InChI=1S/C21H20N2O3/c1-24-15-26-20-11-9-16(13-21(20)25-2)6-7-17-8-10-19(23-14-17)18-5-3-4-12-22-18/h3-14H,15H2,1-2H3. The lowest BCUT2D eigenvalue weighted by atomic mass is 10.1. The molecule has 0 aliphatic heterocycles. The Bertz CT molecular complexity index is 862. The summed E-state index contributed by atoms with van der Waals surface area (Å²) >= 11 is 0. The van der Waals surface area contributed by atoms with Gasteiger partial charge in [0.25, 0.3) is 0 Å². The zero-order valence-electron chi connectivity index (χ0n) is 14.8. The molecule has 1 aromatic carbocycles. The second kappa shape index (κ2) is 8.78. The van der Waals surface area contributed by atoms with Gasteiger partial charge in [0.15, 0.2) is 18.3 Å². The van der Waals surface area contributed by atoms with Gasteiger partial charge in [0.05, 0.1) is 18.5 Å². The summed E-state index contributed by atoms with van der Waals surface area (Å²) in [5, 5.41) is 0. The second-order valence-electron chi connectivity index (χ2n) is 5.49. The van der Waals surface area contributed by atoms with E-state index < -0.39 is 0 Å². The summed E-state index contributed by atoms with van der Waals surface area (Å²) < 4.78 is 15.7. The third-order valence-corrected chi connectivity index (χ3v) is 3.70. The van der Waals surface area contributed by atoms with Crippen LogP contribution in [0, 0.1) is 0 Å². The molecular formula is C21H20N2O3. The minimum atomic E-state index is 0.180. The van der Waals surface area contributed by atoms with Gasteiger partial charge >= 0.3 is 0 Å². The highest BCUT2D eigenvalue weighted by molar-refractivity contribution is 5.71. The Morgan fingerprint density at radius 3 is 2.35 bits per heavy atom. The van der Waals surface area contributed by atoms with Crippen molar-refractivity contribution in [2.75, 3.05) is 21.0 Å². The topological polar surface area (TPSA) is 53.5 Å². The Labute approximate surface area is 152 Å². The second-order valence-corrected chi connectivity index (χ2v) is 5.49. The Morgan fingerprint density at radius 1 is 0.846 bits per heavy atom. The number of rotatable bonds is 7. The van der Waals surface area contributed by atoms with Crippen LogP contribution in [0.1, 0.15) is 11.1 Å². The molecule has 0 bridgehead atoms. The van der Waals surface area contributed by atoms with Crippen LogP contribution in [0.15, 0.2) is 60.9 Å². The predicted molar refractivity (Wildman–Crippen MR) is 102 cm³/mol. The van der Waals surface area contributed by atoms with Crippen molar-refractivity contribution in [3.63, 3.8) is 0 Å². The maximum atomic E-state index is 5.46. The number of benzene rings is 1. The fourth-order valence-electron chi connectivity index (χ4n) is 2.39. The van der Waals surface area contributed by atoms with Crippen LogP contribution in [0.25, 0.3) is 23.5 Å². The molecule has 0 saturated carbocycles. The Balaban J connectivity index is 1.73. The molecule has 5 heteroatoms. The van der Waals surface area contributed by atoms with Crippen LogP contribution in [-0.4, -0.2) is 31.0 Å². The van der Waals surface area contributed by atoms with Crippen molar-refractivity contribution in [1.82, 2.24) is 9.97 Å². The van der Waals surface area contributed by atoms with Gasteiger partial charge in [-0.25, -0.2) is 0 Å². The highest BCUT2D eigenvalue weighted by Gasteiger charge is 2.04. The van der Waals surface area contributed by atoms with Crippen LogP contribution in [0.2, 0.25) is 0 Å². The van der Waals surface area contributed by atoms with E-state index in [4.69, 9.17) is 14.2 Å². The predicted octanol–water partition coefficient (Wildman–Crippen LogP) is 4.31. The molecule has 0 aliphatic rings. The van der Waals surface area contributed by atoms with E-state index in [1.54, 1.807) is 20.4 Å². The fraction of sp³-hybridized carbons (Fsp3) is 0.143. The lowest BCUT2D eigenvalue weighted by molar-refractivity contribution is 0.0491. The largest absolute Gasteiger partial charge is 0.493 e. The van der Waals surface area contributed by atoms with E-state index in [9.17, 15) is 0 Å². The molecule has 5 nitrogen and oxygen atoms in total. The van der Waals surface area contributed by atoms with Crippen molar-refractivity contribution in [2.24, 2.45) is 0 Å². The lowest BCUT2D eigenvalue weighted by Crippen LogP contribution is -2.00. The zero-order chi connectivity index (χ0) is 18.2. The van der Waals surface area contributed by atoms with Crippen LogP contribution < -0.4 is 9.47 Å². The molecule has 0 amide bonds. The summed E-state index contributed by atoms with van der Waals surface area (Å²) in [6, 6.07) is 15.5. The molecule has 2 aromatic heterocycles. The normalized spacial score (nSPS) is 10.8. The first-order valence-corrected chi connectivity index (χ1v) is 8.15. The molecule has 0 saturated heterocycles. The average molecular weight is 348 g/mol. The van der Waals surface area contributed by atoms with Gasteiger partial charge in [0.1, 0.15) is 0 Å². The van der Waals surface area contributed by atoms with E-state index in [1.165, 1.54) is 0 Å². The number of ether oxygens (including phenoxy) is 3. The molecule has 26 heavy (non-hydrogen) atoms. The van der Waals surface area contributed by atoms with Crippen LogP contribution in [0.3, 0.4) is 0 Å². The monoisotopic (exact) mass is 348 g/mol. The summed E-state index contributed by atoms with van der Waals surface area (Å²) in [7, 11) is 3.19. The van der Waals surface area contributed by atoms with Crippen LogP contribution in [0.5, 0.6) is 11.5 Å². The SMILES string of the molecule is COCOc1ccc(C=Cc2ccc(-c3ccccn3)nc2)cc1OC. The molecule has 0 N–H and O–H groups in total. The van der Waals surface area contributed by atoms with Crippen molar-refractivity contribution in [1.29, 1.82) is 0 Å². The fourth-order valence-corrected chi connectivity index (χ4v) is 2.39. The summed E-state index contributed by atoms with van der Waals surface area (Å²) in [6.45, 7) is 0.180. The van der Waals surface area contributed by atoms with E-state index in [-0.39, 0.29) is 6.79 Å². The summed E-state index contributed by atoms with van der Waals surface area (Å²) in [4.78, 5) is 8.78. The number of aromatic nitrogens is 2. The number of hydrogen-bond acceptors (Lipinski definition) is 5. The minimum absolute atomic E-state index is 0.180. The summed E-state index contributed by atoms with van der Waals surface area (Å²) in [5.74, 6) is 1.31. The van der Waals surface area contributed by atoms with Gasteiger partial charge in [0, 0.05) is 19.5 Å². The average Bonchev–Trinajstić information content (AvgIpc) is 2.72. The summed E-state index contributed by atoms with van der Waals surface area (Å²) in [6.07, 6.45) is 7.59. The molecule has 0 fully saturated rings. The van der Waals surface area contributed by atoms with E-state index in [2.05, 4.69) is 9.97 Å². The molecule has 0 radical (unpaired) electrons. The Hall–Kier alpha value is -3.18.